The highest BCUT2D eigenvalue weighted by Gasteiger charge is 2.09. The van der Waals surface area contributed by atoms with E-state index in [0.717, 1.165) is 16.7 Å². The lowest BCUT2D eigenvalue weighted by atomic mass is 10.1. The zero-order valence-electron chi connectivity index (χ0n) is 10.5. The molecule has 3 heteroatoms. The van der Waals surface area contributed by atoms with Gasteiger partial charge in [0, 0.05) is 18.2 Å². The van der Waals surface area contributed by atoms with E-state index in [2.05, 4.69) is 0 Å². The van der Waals surface area contributed by atoms with Crippen molar-refractivity contribution >= 4 is 0 Å². The van der Waals surface area contributed by atoms with Crippen molar-refractivity contribution in [3.63, 3.8) is 0 Å². The van der Waals surface area contributed by atoms with Crippen molar-refractivity contribution in [2.45, 2.75) is 20.4 Å². The maximum absolute atomic E-state index is 13.2. The predicted molar refractivity (Wildman–Crippen MR) is 70.3 cm³/mol. The minimum absolute atomic E-state index is 0.307. The first-order valence-electron chi connectivity index (χ1n) is 5.84. The highest BCUT2D eigenvalue weighted by Crippen LogP contribution is 2.31. The Bertz CT molecular complexity index is 566. The zero-order chi connectivity index (χ0) is 13.1. The van der Waals surface area contributed by atoms with E-state index < -0.39 is 0 Å². The molecule has 2 aromatic carbocycles. The highest BCUT2D eigenvalue weighted by atomic mass is 19.1. The van der Waals surface area contributed by atoms with Crippen molar-refractivity contribution in [3.8, 4) is 11.5 Å². The van der Waals surface area contributed by atoms with Crippen molar-refractivity contribution in [3.05, 3.63) is 58.9 Å². The van der Waals surface area contributed by atoms with Crippen LogP contribution < -0.4 is 10.5 Å². The molecule has 0 radical (unpaired) electrons. The molecule has 0 saturated heterocycles. The van der Waals surface area contributed by atoms with Gasteiger partial charge in [-0.05, 0) is 31.0 Å². The van der Waals surface area contributed by atoms with Gasteiger partial charge in [0.25, 0.3) is 0 Å². The molecule has 0 unspecified atom stereocenters. The molecule has 2 aromatic rings. The third kappa shape index (κ3) is 2.51. The average molecular weight is 245 g/mol. The Morgan fingerprint density at radius 1 is 1.11 bits per heavy atom. The fourth-order valence-corrected chi connectivity index (χ4v) is 1.81. The van der Waals surface area contributed by atoms with Crippen molar-refractivity contribution in [2.75, 3.05) is 0 Å². The summed E-state index contributed by atoms with van der Waals surface area (Å²) in [5.74, 6) is 0.936. The van der Waals surface area contributed by atoms with E-state index in [1.165, 1.54) is 12.1 Å². The van der Waals surface area contributed by atoms with Crippen LogP contribution >= 0.6 is 0 Å². The molecule has 18 heavy (non-hydrogen) atoms. The number of aryl methyl sites for hydroxylation is 2. The normalized spacial score (nSPS) is 10.4. The first kappa shape index (κ1) is 12.6. The summed E-state index contributed by atoms with van der Waals surface area (Å²) in [6, 6.07) is 10.3. The number of hydrogen-bond acceptors (Lipinski definition) is 2. The first-order valence-corrected chi connectivity index (χ1v) is 5.84. The summed E-state index contributed by atoms with van der Waals surface area (Å²) in [6.07, 6.45) is 0. The molecule has 0 aliphatic heterocycles. The van der Waals surface area contributed by atoms with E-state index >= 15 is 0 Å². The SMILES string of the molecule is Cc1ccc(F)cc1Oc1c(C)cccc1CN. The van der Waals surface area contributed by atoms with Crippen LogP contribution in [0.15, 0.2) is 36.4 Å². The Labute approximate surface area is 106 Å². The van der Waals surface area contributed by atoms with Crippen molar-refractivity contribution in [1.82, 2.24) is 0 Å². The molecule has 0 amide bonds. The van der Waals surface area contributed by atoms with E-state index in [0.29, 0.717) is 18.0 Å². The fourth-order valence-electron chi connectivity index (χ4n) is 1.81. The lowest BCUT2D eigenvalue weighted by molar-refractivity contribution is 0.463. The second-order valence-electron chi connectivity index (χ2n) is 4.28. The van der Waals surface area contributed by atoms with Crippen molar-refractivity contribution < 1.29 is 9.13 Å². The van der Waals surface area contributed by atoms with Crippen LogP contribution in [0.4, 0.5) is 4.39 Å². The van der Waals surface area contributed by atoms with Gasteiger partial charge in [0.2, 0.25) is 0 Å². The molecule has 0 atom stereocenters. The quantitative estimate of drug-likeness (QED) is 0.895. The highest BCUT2D eigenvalue weighted by molar-refractivity contribution is 5.45. The number of benzene rings is 2. The van der Waals surface area contributed by atoms with Crippen LogP contribution in [0, 0.1) is 19.7 Å². The number of para-hydroxylation sites is 1. The summed E-state index contributed by atoms with van der Waals surface area (Å²) in [5, 5.41) is 0. The van der Waals surface area contributed by atoms with Crippen LogP contribution in [-0.2, 0) is 6.54 Å². The molecule has 0 saturated carbocycles. The minimum atomic E-state index is -0.307. The second-order valence-corrected chi connectivity index (χ2v) is 4.28. The van der Waals surface area contributed by atoms with Gasteiger partial charge >= 0.3 is 0 Å². The Kier molecular flexibility index (Phi) is 3.63. The lowest BCUT2D eigenvalue weighted by Crippen LogP contribution is -2.01. The third-order valence-corrected chi connectivity index (χ3v) is 2.88. The number of nitrogens with two attached hydrogens (primary N) is 1. The molecule has 94 valence electrons. The smallest absolute Gasteiger partial charge is 0.134 e. The maximum atomic E-state index is 13.2. The maximum Gasteiger partial charge on any atom is 0.134 e. The van der Waals surface area contributed by atoms with Crippen LogP contribution in [0.1, 0.15) is 16.7 Å². The van der Waals surface area contributed by atoms with Crippen LogP contribution in [0.25, 0.3) is 0 Å². The van der Waals surface area contributed by atoms with Gasteiger partial charge in [0.05, 0.1) is 0 Å². The van der Waals surface area contributed by atoms with Gasteiger partial charge in [-0.1, -0.05) is 24.3 Å². The number of halogens is 1. The van der Waals surface area contributed by atoms with Crippen LogP contribution in [0.5, 0.6) is 11.5 Å². The Hall–Kier alpha value is -1.87. The lowest BCUT2D eigenvalue weighted by Gasteiger charge is -2.14. The third-order valence-electron chi connectivity index (χ3n) is 2.88. The van der Waals surface area contributed by atoms with Crippen LogP contribution in [-0.4, -0.2) is 0 Å². The first-order chi connectivity index (χ1) is 8.61. The summed E-state index contributed by atoms with van der Waals surface area (Å²) in [6.45, 7) is 4.23. The fraction of sp³-hybridized carbons (Fsp3) is 0.200. The zero-order valence-corrected chi connectivity index (χ0v) is 10.5. The Balaban J connectivity index is 2.42. The van der Waals surface area contributed by atoms with E-state index in [9.17, 15) is 4.39 Å². The molecule has 0 aromatic heterocycles. The number of ether oxygens (including phenoxy) is 1. The summed E-state index contributed by atoms with van der Waals surface area (Å²) in [7, 11) is 0. The molecule has 0 aliphatic carbocycles. The topological polar surface area (TPSA) is 35.2 Å². The summed E-state index contributed by atoms with van der Waals surface area (Å²) >= 11 is 0. The molecule has 0 heterocycles. The molecule has 2 N–H and O–H groups in total. The van der Waals surface area contributed by atoms with Crippen molar-refractivity contribution in [1.29, 1.82) is 0 Å². The molecule has 0 spiro atoms. The largest absolute Gasteiger partial charge is 0.456 e. The van der Waals surface area contributed by atoms with Gasteiger partial charge in [-0.25, -0.2) is 4.39 Å². The van der Waals surface area contributed by atoms with Gasteiger partial charge in [-0.3, -0.25) is 0 Å². The van der Waals surface area contributed by atoms with Gasteiger partial charge in [-0.15, -0.1) is 0 Å². The Morgan fingerprint density at radius 3 is 2.61 bits per heavy atom. The second kappa shape index (κ2) is 5.19. The van der Waals surface area contributed by atoms with Gasteiger partial charge in [0.1, 0.15) is 17.3 Å². The monoisotopic (exact) mass is 245 g/mol. The summed E-state index contributed by atoms with van der Waals surface area (Å²) in [4.78, 5) is 0. The van der Waals surface area contributed by atoms with Gasteiger partial charge in [-0.2, -0.15) is 0 Å². The molecule has 0 aliphatic rings. The van der Waals surface area contributed by atoms with Crippen molar-refractivity contribution in [2.24, 2.45) is 5.73 Å². The molecular formula is C15H16FNO. The molecule has 0 fully saturated rings. The Morgan fingerprint density at radius 2 is 1.89 bits per heavy atom. The van der Waals surface area contributed by atoms with Gasteiger partial charge in [0.15, 0.2) is 0 Å². The van der Waals surface area contributed by atoms with Crippen LogP contribution in [0.3, 0.4) is 0 Å². The van der Waals surface area contributed by atoms with E-state index in [1.807, 2.05) is 32.0 Å². The molecule has 2 rings (SSSR count). The number of hydrogen-bond donors (Lipinski definition) is 1. The summed E-state index contributed by atoms with van der Waals surface area (Å²) < 4.78 is 19.1. The van der Waals surface area contributed by atoms with Gasteiger partial charge < -0.3 is 10.5 Å². The summed E-state index contributed by atoms with van der Waals surface area (Å²) in [5.41, 5.74) is 8.48. The van der Waals surface area contributed by atoms with Crippen LogP contribution in [0.2, 0.25) is 0 Å². The molecule has 2 nitrogen and oxygen atoms in total. The van der Waals surface area contributed by atoms with E-state index in [4.69, 9.17) is 10.5 Å². The minimum Gasteiger partial charge on any atom is -0.456 e. The standard InChI is InChI=1S/C15H16FNO/c1-10-6-7-13(16)8-14(10)18-15-11(2)4-3-5-12(15)9-17/h3-8H,9,17H2,1-2H3. The average Bonchev–Trinajstić information content (AvgIpc) is 2.36. The van der Waals surface area contributed by atoms with E-state index in [-0.39, 0.29) is 5.82 Å². The number of rotatable bonds is 3. The molecular weight excluding hydrogens is 229 g/mol. The predicted octanol–water partition coefficient (Wildman–Crippen LogP) is 3.69. The molecule has 0 bridgehead atoms. The van der Waals surface area contributed by atoms with E-state index in [1.54, 1.807) is 6.07 Å².